The second-order valence-corrected chi connectivity index (χ2v) is 5.85. The summed E-state index contributed by atoms with van der Waals surface area (Å²) in [4.78, 5) is 2.38. The Morgan fingerprint density at radius 1 is 1.39 bits per heavy atom. The predicted molar refractivity (Wildman–Crippen MR) is 71.0 cm³/mol. The number of nitrogens with zero attached hydrogens (tertiary/aromatic N) is 2. The summed E-state index contributed by atoms with van der Waals surface area (Å²) >= 11 is 0. The molecule has 1 aromatic rings. The molecule has 1 aliphatic heterocycles. The van der Waals surface area contributed by atoms with Gasteiger partial charge in [0.2, 0.25) is 0 Å². The maximum atomic E-state index is 8.98. The van der Waals surface area contributed by atoms with Gasteiger partial charge in [-0.15, -0.1) is 0 Å². The van der Waals surface area contributed by atoms with Crippen LogP contribution in [-0.2, 0) is 6.42 Å². The zero-order chi connectivity index (χ0) is 12.8. The van der Waals surface area contributed by atoms with Crippen LogP contribution in [0.25, 0.3) is 0 Å². The van der Waals surface area contributed by atoms with E-state index in [0.29, 0.717) is 0 Å². The predicted octanol–water partition coefficient (Wildman–Crippen LogP) is 1.83. The number of hydrogen-bond donors (Lipinski definition) is 1. The van der Waals surface area contributed by atoms with E-state index in [-0.39, 0.29) is 11.5 Å². The summed E-state index contributed by atoms with van der Waals surface area (Å²) in [5.41, 5.74) is 10.0. The molecular formula is C15H19N3. The van der Waals surface area contributed by atoms with Gasteiger partial charge in [-0.05, 0) is 68.1 Å². The molecule has 0 bridgehead atoms. The number of rotatable bonds is 0. The third-order valence-corrected chi connectivity index (χ3v) is 4.79. The van der Waals surface area contributed by atoms with Crippen LogP contribution in [0.5, 0.6) is 0 Å². The first-order chi connectivity index (χ1) is 8.64. The van der Waals surface area contributed by atoms with Crippen molar-refractivity contribution in [1.29, 1.82) is 5.26 Å². The Hall–Kier alpha value is -1.37. The van der Waals surface area contributed by atoms with Crippen LogP contribution < -0.4 is 5.73 Å². The fourth-order valence-electron chi connectivity index (χ4n) is 3.50. The van der Waals surface area contributed by atoms with E-state index >= 15 is 0 Å². The SMILES string of the molecule is CN1CCC2(CC1)Cc1cc(C#N)ccc1[C@@H]2N. The molecule has 1 saturated heterocycles. The van der Waals surface area contributed by atoms with Gasteiger partial charge in [0.15, 0.2) is 0 Å². The standard InChI is InChI=1S/C15H19N3/c1-18-6-4-15(5-7-18)9-12-8-11(10-16)2-3-13(12)14(15)17/h2-3,8,14H,4-7,9,17H2,1H3/t14-/m0/s1. The molecule has 94 valence electrons. The number of hydrogen-bond acceptors (Lipinski definition) is 3. The Bertz CT molecular complexity index is 507. The Morgan fingerprint density at radius 2 is 2.11 bits per heavy atom. The lowest BCUT2D eigenvalue weighted by Gasteiger charge is -2.41. The fourth-order valence-corrected chi connectivity index (χ4v) is 3.50. The highest BCUT2D eigenvalue weighted by Crippen LogP contribution is 2.50. The molecule has 1 spiro atoms. The molecule has 1 atom stereocenters. The molecule has 0 radical (unpaired) electrons. The van der Waals surface area contributed by atoms with Crippen LogP contribution in [0.1, 0.15) is 35.6 Å². The monoisotopic (exact) mass is 241 g/mol. The topological polar surface area (TPSA) is 53.0 Å². The van der Waals surface area contributed by atoms with E-state index < -0.39 is 0 Å². The maximum Gasteiger partial charge on any atom is 0.0991 e. The van der Waals surface area contributed by atoms with E-state index in [0.717, 1.165) is 25.1 Å². The number of benzene rings is 1. The van der Waals surface area contributed by atoms with Crippen LogP contribution in [0.2, 0.25) is 0 Å². The van der Waals surface area contributed by atoms with Crippen molar-refractivity contribution in [3.63, 3.8) is 0 Å². The number of nitriles is 1. The normalized spacial score (nSPS) is 25.9. The van der Waals surface area contributed by atoms with Gasteiger partial charge in [0.05, 0.1) is 11.6 Å². The summed E-state index contributed by atoms with van der Waals surface area (Å²) in [7, 11) is 2.17. The van der Waals surface area contributed by atoms with Crippen LogP contribution >= 0.6 is 0 Å². The van der Waals surface area contributed by atoms with Gasteiger partial charge in [-0.25, -0.2) is 0 Å². The van der Waals surface area contributed by atoms with Crippen molar-refractivity contribution in [1.82, 2.24) is 4.90 Å². The lowest BCUT2D eigenvalue weighted by atomic mass is 9.73. The fraction of sp³-hybridized carbons (Fsp3) is 0.533. The minimum atomic E-state index is 0.147. The molecule has 3 rings (SSSR count). The van der Waals surface area contributed by atoms with Crippen molar-refractivity contribution in [3.8, 4) is 6.07 Å². The van der Waals surface area contributed by atoms with Gasteiger partial charge in [-0.2, -0.15) is 5.26 Å². The number of nitrogens with two attached hydrogens (primary N) is 1. The average molecular weight is 241 g/mol. The first-order valence-corrected chi connectivity index (χ1v) is 6.62. The van der Waals surface area contributed by atoms with E-state index in [2.05, 4.69) is 24.1 Å². The van der Waals surface area contributed by atoms with Crippen molar-refractivity contribution in [2.24, 2.45) is 11.1 Å². The molecule has 1 heterocycles. The highest BCUT2D eigenvalue weighted by atomic mass is 15.1. The third kappa shape index (κ3) is 1.65. The summed E-state index contributed by atoms with van der Waals surface area (Å²) in [6, 6.07) is 8.35. The van der Waals surface area contributed by atoms with Gasteiger partial charge in [0.1, 0.15) is 0 Å². The molecule has 0 unspecified atom stereocenters. The lowest BCUT2D eigenvalue weighted by Crippen LogP contribution is -2.42. The van der Waals surface area contributed by atoms with Crippen LogP contribution in [-0.4, -0.2) is 25.0 Å². The molecule has 0 amide bonds. The highest BCUT2D eigenvalue weighted by molar-refractivity contribution is 5.44. The summed E-state index contributed by atoms with van der Waals surface area (Å²) in [5.74, 6) is 0. The summed E-state index contributed by atoms with van der Waals surface area (Å²) < 4.78 is 0. The second kappa shape index (κ2) is 4.08. The average Bonchev–Trinajstić information content (AvgIpc) is 2.66. The Kier molecular flexibility index (Phi) is 2.65. The van der Waals surface area contributed by atoms with E-state index in [1.54, 1.807) is 0 Å². The minimum Gasteiger partial charge on any atom is -0.323 e. The third-order valence-electron chi connectivity index (χ3n) is 4.79. The lowest BCUT2D eigenvalue weighted by molar-refractivity contribution is 0.106. The van der Waals surface area contributed by atoms with Gasteiger partial charge in [0, 0.05) is 6.04 Å². The van der Waals surface area contributed by atoms with Gasteiger partial charge < -0.3 is 10.6 Å². The van der Waals surface area contributed by atoms with E-state index in [9.17, 15) is 0 Å². The number of likely N-dealkylation sites (tertiary alicyclic amines) is 1. The van der Waals surface area contributed by atoms with Crippen molar-refractivity contribution in [3.05, 3.63) is 34.9 Å². The molecule has 18 heavy (non-hydrogen) atoms. The molecule has 3 nitrogen and oxygen atoms in total. The Labute approximate surface area is 108 Å². The molecule has 0 saturated carbocycles. The highest BCUT2D eigenvalue weighted by Gasteiger charge is 2.45. The zero-order valence-electron chi connectivity index (χ0n) is 10.8. The van der Waals surface area contributed by atoms with Gasteiger partial charge >= 0.3 is 0 Å². The van der Waals surface area contributed by atoms with E-state index in [4.69, 9.17) is 11.0 Å². The smallest absolute Gasteiger partial charge is 0.0991 e. The largest absolute Gasteiger partial charge is 0.323 e. The first kappa shape index (κ1) is 11.7. The number of fused-ring (bicyclic) bond motifs is 1. The van der Waals surface area contributed by atoms with Gasteiger partial charge in [0.25, 0.3) is 0 Å². The van der Waals surface area contributed by atoms with Crippen LogP contribution in [0.4, 0.5) is 0 Å². The minimum absolute atomic E-state index is 0.147. The van der Waals surface area contributed by atoms with Crippen molar-refractivity contribution >= 4 is 0 Å². The zero-order valence-corrected chi connectivity index (χ0v) is 10.8. The molecule has 1 fully saturated rings. The maximum absolute atomic E-state index is 8.98. The molecule has 0 aromatic heterocycles. The quantitative estimate of drug-likeness (QED) is 0.754. The van der Waals surface area contributed by atoms with Crippen LogP contribution in [0.3, 0.4) is 0 Å². The molecular weight excluding hydrogens is 222 g/mol. The van der Waals surface area contributed by atoms with Crippen molar-refractivity contribution in [2.75, 3.05) is 20.1 Å². The van der Waals surface area contributed by atoms with E-state index in [1.807, 2.05) is 12.1 Å². The van der Waals surface area contributed by atoms with Gasteiger partial charge in [-0.1, -0.05) is 6.07 Å². The Balaban J connectivity index is 1.93. The molecule has 2 N–H and O–H groups in total. The second-order valence-electron chi connectivity index (χ2n) is 5.85. The van der Waals surface area contributed by atoms with Gasteiger partial charge in [-0.3, -0.25) is 0 Å². The van der Waals surface area contributed by atoms with Crippen LogP contribution in [0, 0.1) is 16.7 Å². The number of piperidine rings is 1. The van der Waals surface area contributed by atoms with Crippen molar-refractivity contribution in [2.45, 2.75) is 25.3 Å². The summed E-state index contributed by atoms with van der Waals surface area (Å²) in [6.45, 7) is 2.26. The van der Waals surface area contributed by atoms with E-state index in [1.165, 1.54) is 24.0 Å². The first-order valence-electron chi connectivity index (χ1n) is 6.62. The molecule has 1 aromatic carbocycles. The van der Waals surface area contributed by atoms with Crippen LogP contribution in [0.15, 0.2) is 18.2 Å². The molecule has 3 heteroatoms. The molecule has 2 aliphatic rings. The summed E-state index contributed by atoms with van der Waals surface area (Å²) in [6.07, 6.45) is 3.38. The molecule has 1 aliphatic carbocycles. The van der Waals surface area contributed by atoms with Crippen molar-refractivity contribution < 1.29 is 0 Å². The summed E-state index contributed by atoms with van der Waals surface area (Å²) in [5, 5.41) is 8.98. The Morgan fingerprint density at radius 3 is 2.78 bits per heavy atom.